The van der Waals surface area contributed by atoms with Gasteiger partial charge in [0.2, 0.25) is 0 Å². The van der Waals surface area contributed by atoms with E-state index in [4.69, 9.17) is 0 Å². The molecule has 1 rings (SSSR count). The predicted octanol–water partition coefficient (Wildman–Crippen LogP) is 4.80. The third-order valence-electron chi connectivity index (χ3n) is 3.17. The highest BCUT2D eigenvalue weighted by atomic mass is 79.9. The fourth-order valence-electron chi connectivity index (χ4n) is 1.82. The molecule has 0 aromatic heterocycles. The summed E-state index contributed by atoms with van der Waals surface area (Å²) >= 11 is 17.9. The number of alkyl halides is 5. The molecule has 1 aliphatic rings. The molecule has 0 radical (unpaired) electrons. The number of hydrogen-bond donors (Lipinski definition) is 0. The molecule has 1 saturated carbocycles. The Balaban J connectivity index is 2.99. The average molecular weight is 549 g/mol. The second-order valence-electron chi connectivity index (χ2n) is 4.56. The molecule has 16 heavy (non-hydrogen) atoms. The van der Waals surface area contributed by atoms with E-state index in [0.717, 1.165) is 11.8 Å². The third-order valence-corrected chi connectivity index (χ3v) is 9.86. The summed E-state index contributed by atoms with van der Waals surface area (Å²) in [6.45, 7) is 4.05. The fraction of sp³-hybridized carbons (Fsp3) is 0.900. The lowest BCUT2D eigenvalue weighted by molar-refractivity contribution is -0.122. The highest BCUT2D eigenvalue weighted by Crippen LogP contribution is 2.48. The van der Waals surface area contributed by atoms with Crippen molar-refractivity contribution in [2.24, 2.45) is 5.92 Å². The minimum atomic E-state index is -0.479. The van der Waals surface area contributed by atoms with E-state index in [1.54, 1.807) is 0 Å². The Kier molecular flexibility index (Phi) is 5.64. The van der Waals surface area contributed by atoms with Crippen molar-refractivity contribution in [3.8, 4) is 0 Å². The molecular weight excluding hydrogens is 536 g/mol. The second-order valence-corrected chi connectivity index (χ2v) is 10.7. The van der Waals surface area contributed by atoms with Gasteiger partial charge in [0.05, 0.1) is 9.15 Å². The van der Waals surface area contributed by atoms with Gasteiger partial charge < -0.3 is 0 Å². The lowest BCUT2D eigenvalue weighted by Crippen LogP contribution is -2.55. The van der Waals surface area contributed by atoms with E-state index in [2.05, 4.69) is 86.6 Å². The normalized spacial score (nSPS) is 44.2. The van der Waals surface area contributed by atoms with Crippen LogP contribution in [0.2, 0.25) is 0 Å². The first-order valence-corrected chi connectivity index (χ1v) is 9.44. The molecule has 0 unspecified atom stereocenters. The van der Waals surface area contributed by atoms with Gasteiger partial charge in [0.15, 0.2) is 5.78 Å². The summed E-state index contributed by atoms with van der Waals surface area (Å²) in [5.74, 6) is 0.464. The Bertz CT molecular complexity index is 289. The van der Waals surface area contributed by atoms with Crippen LogP contribution < -0.4 is 0 Å². The van der Waals surface area contributed by atoms with E-state index in [1.807, 2.05) is 6.92 Å². The first-order valence-electron chi connectivity index (χ1n) is 4.91. The van der Waals surface area contributed by atoms with E-state index in [-0.39, 0.29) is 25.7 Å². The maximum absolute atomic E-state index is 12.3. The number of carbonyl (C=O) groups excluding carboxylic acids is 1. The van der Waals surface area contributed by atoms with Crippen LogP contribution in [0.25, 0.3) is 0 Å². The van der Waals surface area contributed by atoms with Gasteiger partial charge in [-0.25, -0.2) is 0 Å². The molecule has 0 amide bonds. The summed E-state index contributed by atoms with van der Waals surface area (Å²) in [4.78, 5) is 12.3. The van der Waals surface area contributed by atoms with Gasteiger partial charge in [0.25, 0.3) is 0 Å². The lowest BCUT2D eigenvalue weighted by Gasteiger charge is -2.44. The quantitative estimate of drug-likeness (QED) is 0.453. The molecule has 0 N–H and O–H groups in total. The van der Waals surface area contributed by atoms with Gasteiger partial charge in [-0.1, -0.05) is 79.6 Å². The Hall–Kier alpha value is 2.07. The number of rotatable bonds is 2. The van der Waals surface area contributed by atoms with Crippen LogP contribution in [0.5, 0.6) is 0 Å². The van der Waals surface area contributed by atoms with E-state index in [0.29, 0.717) is 0 Å². The van der Waals surface area contributed by atoms with Gasteiger partial charge in [0, 0.05) is 14.5 Å². The number of Topliss-reactive ketones (excluding diaryl/α,β-unsaturated/α-hetero) is 1. The van der Waals surface area contributed by atoms with Crippen LogP contribution in [0.3, 0.4) is 0 Å². The zero-order valence-electron chi connectivity index (χ0n) is 8.94. The maximum Gasteiger partial charge on any atom is 0.164 e. The summed E-state index contributed by atoms with van der Waals surface area (Å²) < 4.78 is -0.556. The van der Waals surface area contributed by atoms with E-state index in [1.165, 1.54) is 0 Å². The summed E-state index contributed by atoms with van der Waals surface area (Å²) in [5.41, 5.74) is 0. The van der Waals surface area contributed by atoms with Crippen LogP contribution in [0.15, 0.2) is 0 Å². The van der Waals surface area contributed by atoms with Crippen LogP contribution in [0.1, 0.15) is 20.3 Å². The molecule has 1 aliphatic carbocycles. The van der Waals surface area contributed by atoms with Crippen molar-refractivity contribution in [3.63, 3.8) is 0 Å². The number of carbonyl (C=O) groups is 1. The molecule has 0 heterocycles. The Labute approximate surface area is 139 Å². The van der Waals surface area contributed by atoms with Crippen LogP contribution in [0.4, 0.5) is 0 Å². The minimum absolute atomic E-state index is 0.0770. The molecule has 0 spiro atoms. The van der Waals surface area contributed by atoms with Crippen molar-refractivity contribution in [3.05, 3.63) is 0 Å². The molecule has 0 aromatic rings. The van der Waals surface area contributed by atoms with Gasteiger partial charge in [-0.15, -0.1) is 0 Å². The number of halogens is 5. The van der Waals surface area contributed by atoms with Crippen molar-refractivity contribution in [1.29, 1.82) is 0 Å². The predicted molar refractivity (Wildman–Crippen MR) is 87.0 cm³/mol. The van der Waals surface area contributed by atoms with Crippen molar-refractivity contribution >= 4 is 85.4 Å². The Morgan fingerprint density at radius 1 is 1.50 bits per heavy atom. The number of ketones is 1. The number of hydrogen-bond acceptors (Lipinski definition) is 1. The molecular formula is C10H13Br5O. The molecule has 1 nitrogen and oxygen atoms in total. The van der Waals surface area contributed by atoms with Gasteiger partial charge >= 0.3 is 0 Å². The SMILES string of the molecule is C[C@](Br)(CBr)[C@@H]1C[C@@H](Br)[C@@](C)(Br)C(=O)[C@H]1Br. The van der Waals surface area contributed by atoms with Gasteiger partial charge in [-0.3, -0.25) is 4.79 Å². The van der Waals surface area contributed by atoms with Crippen LogP contribution in [-0.2, 0) is 4.79 Å². The van der Waals surface area contributed by atoms with Gasteiger partial charge in [-0.05, 0) is 26.2 Å². The Morgan fingerprint density at radius 3 is 2.44 bits per heavy atom. The van der Waals surface area contributed by atoms with Crippen molar-refractivity contribution in [2.75, 3.05) is 5.33 Å². The standard InChI is InChI=1S/C10H13Br5O/c1-9(14,4-11)5-3-6(12)10(2,15)8(16)7(5)13/h5-7H,3-4H2,1-2H3/t5-,6-,7+,9+,10-/m1/s1. The molecule has 0 saturated heterocycles. The average Bonchev–Trinajstić information content (AvgIpc) is 2.21. The van der Waals surface area contributed by atoms with Gasteiger partial charge in [0.1, 0.15) is 0 Å². The summed E-state index contributed by atoms with van der Waals surface area (Å²) in [7, 11) is 0. The summed E-state index contributed by atoms with van der Waals surface area (Å²) in [6, 6.07) is 0. The van der Waals surface area contributed by atoms with Crippen LogP contribution in [0, 0.1) is 5.92 Å². The highest BCUT2D eigenvalue weighted by Gasteiger charge is 2.52. The maximum atomic E-state index is 12.3. The third kappa shape index (κ3) is 2.97. The van der Waals surface area contributed by atoms with E-state index >= 15 is 0 Å². The molecule has 0 aromatic carbocycles. The highest BCUT2D eigenvalue weighted by molar-refractivity contribution is 9.13. The zero-order chi connectivity index (χ0) is 12.7. The smallest absolute Gasteiger partial charge is 0.164 e. The van der Waals surface area contributed by atoms with Crippen molar-refractivity contribution in [2.45, 2.75) is 38.6 Å². The van der Waals surface area contributed by atoms with Crippen LogP contribution >= 0.6 is 79.6 Å². The molecule has 0 aliphatic heterocycles. The molecule has 94 valence electrons. The molecule has 1 fully saturated rings. The van der Waals surface area contributed by atoms with Gasteiger partial charge in [-0.2, -0.15) is 0 Å². The minimum Gasteiger partial charge on any atom is -0.297 e. The second kappa shape index (κ2) is 5.59. The van der Waals surface area contributed by atoms with Crippen molar-refractivity contribution in [1.82, 2.24) is 0 Å². The summed E-state index contributed by atoms with van der Waals surface area (Å²) in [5, 5.41) is 0.818. The van der Waals surface area contributed by atoms with E-state index < -0.39 is 4.32 Å². The fourth-order valence-corrected chi connectivity index (χ4v) is 5.69. The molecule has 0 bridgehead atoms. The largest absolute Gasteiger partial charge is 0.297 e. The zero-order valence-corrected chi connectivity index (χ0v) is 16.9. The van der Waals surface area contributed by atoms with Crippen molar-refractivity contribution < 1.29 is 4.79 Å². The lowest BCUT2D eigenvalue weighted by atomic mass is 9.76. The molecule has 6 heteroatoms. The molecule has 5 atom stereocenters. The first kappa shape index (κ1) is 16.1. The monoisotopic (exact) mass is 544 g/mol. The topological polar surface area (TPSA) is 17.1 Å². The Morgan fingerprint density at radius 2 is 2.00 bits per heavy atom. The summed E-state index contributed by atoms with van der Waals surface area (Å²) in [6.07, 6.45) is 0.941. The van der Waals surface area contributed by atoms with Crippen LogP contribution in [-0.4, -0.2) is 29.4 Å². The van der Waals surface area contributed by atoms with E-state index in [9.17, 15) is 4.79 Å². The first-order chi connectivity index (χ1) is 7.14.